The van der Waals surface area contributed by atoms with E-state index in [1.165, 1.54) is 0 Å². The number of nitrogens with zero attached hydrogens (tertiary/aromatic N) is 4. The second kappa shape index (κ2) is 5.59. The molecule has 0 aromatic carbocycles. The predicted octanol–water partition coefficient (Wildman–Crippen LogP) is 0.550. The number of aryl methyl sites for hydroxylation is 1. The molecule has 2 aliphatic rings. The Balaban J connectivity index is 1.88. The zero-order chi connectivity index (χ0) is 16.8. The fourth-order valence-corrected chi connectivity index (χ4v) is 5.15. The molecule has 0 radical (unpaired) electrons. The van der Waals surface area contributed by atoms with Gasteiger partial charge in [0.15, 0.2) is 0 Å². The molecule has 2 fully saturated rings. The fourth-order valence-electron chi connectivity index (χ4n) is 4.05. The van der Waals surface area contributed by atoms with E-state index < -0.39 is 10.0 Å². The molecule has 2 saturated heterocycles. The lowest BCUT2D eigenvalue weighted by molar-refractivity contribution is -0.130. The zero-order valence-corrected chi connectivity index (χ0v) is 14.7. The van der Waals surface area contributed by atoms with E-state index in [0.717, 1.165) is 5.56 Å². The third-order valence-electron chi connectivity index (χ3n) is 5.54. The second-order valence-corrected chi connectivity index (χ2v) is 8.82. The summed E-state index contributed by atoms with van der Waals surface area (Å²) in [5, 5.41) is 4.24. The first-order chi connectivity index (χ1) is 10.8. The molecule has 1 aromatic rings. The SMILES string of the molecule is CCS(=O)(=O)N1CCC2(CC1)[C@@H](c1cnn(C)c1)CC(=O)N2C. The number of amides is 1. The maximum Gasteiger partial charge on any atom is 0.223 e. The summed E-state index contributed by atoms with van der Waals surface area (Å²) < 4.78 is 27.5. The van der Waals surface area contributed by atoms with E-state index >= 15 is 0 Å². The quantitative estimate of drug-likeness (QED) is 0.805. The van der Waals surface area contributed by atoms with Crippen molar-refractivity contribution in [3.63, 3.8) is 0 Å². The Morgan fingerprint density at radius 2 is 1.96 bits per heavy atom. The highest BCUT2D eigenvalue weighted by Crippen LogP contribution is 2.48. The van der Waals surface area contributed by atoms with Gasteiger partial charge in [0.1, 0.15) is 0 Å². The first-order valence-corrected chi connectivity index (χ1v) is 9.64. The molecule has 1 spiro atoms. The number of sulfonamides is 1. The van der Waals surface area contributed by atoms with Gasteiger partial charge in [-0.2, -0.15) is 5.10 Å². The van der Waals surface area contributed by atoms with Crippen molar-refractivity contribution in [3.8, 4) is 0 Å². The van der Waals surface area contributed by atoms with Crippen molar-refractivity contribution in [1.29, 1.82) is 0 Å². The van der Waals surface area contributed by atoms with Gasteiger partial charge in [-0.05, 0) is 25.3 Å². The summed E-state index contributed by atoms with van der Waals surface area (Å²) in [6.07, 6.45) is 5.62. The Kier molecular flexibility index (Phi) is 4.00. The number of carbonyl (C=O) groups is 1. The van der Waals surface area contributed by atoms with Crippen LogP contribution in [0.3, 0.4) is 0 Å². The lowest BCUT2D eigenvalue weighted by Gasteiger charge is -2.46. The highest BCUT2D eigenvalue weighted by Gasteiger charge is 2.53. The number of piperidine rings is 1. The normalized spacial score (nSPS) is 25.4. The van der Waals surface area contributed by atoms with Crippen molar-refractivity contribution in [2.75, 3.05) is 25.9 Å². The van der Waals surface area contributed by atoms with E-state index in [9.17, 15) is 13.2 Å². The fraction of sp³-hybridized carbons (Fsp3) is 0.733. The van der Waals surface area contributed by atoms with Gasteiger partial charge < -0.3 is 4.90 Å². The van der Waals surface area contributed by atoms with Crippen LogP contribution in [0.1, 0.15) is 37.7 Å². The van der Waals surface area contributed by atoms with Crippen LogP contribution in [0.15, 0.2) is 12.4 Å². The number of hydrogen-bond acceptors (Lipinski definition) is 4. The van der Waals surface area contributed by atoms with Crippen molar-refractivity contribution >= 4 is 15.9 Å². The molecule has 0 unspecified atom stereocenters. The standard InChI is InChI=1S/C15H24N4O3S/c1-4-23(21,22)19-7-5-15(6-8-19)13(9-14(20)18(15)3)12-10-16-17(2)11-12/h10-11,13H,4-9H2,1-3H3/t13-/m1/s1. The lowest BCUT2D eigenvalue weighted by Crippen LogP contribution is -2.55. The van der Waals surface area contributed by atoms with Crippen molar-refractivity contribution in [1.82, 2.24) is 19.0 Å². The van der Waals surface area contributed by atoms with Crippen LogP contribution >= 0.6 is 0 Å². The molecule has 2 aliphatic heterocycles. The maximum absolute atomic E-state index is 12.3. The van der Waals surface area contributed by atoms with E-state index in [1.54, 1.807) is 15.9 Å². The van der Waals surface area contributed by atoms with Gasteiger partial charge in [0.05, 0.1) is 17.5 Å². The van der Waals surface area contributed by atoms with Crippen LogP contribution in [0.5, 0.6) is 0 Å². The van der Waals surface area contributed by atoms with Gasteiger partial charge in [-0.25, -0.2) is 12.7 Å². The van der Waals surface area contributed by atoms with E-state index in [-0.39, 0.29) is 23.1 Å². The van der Waals surface area contributed by atoms with Gasteiger partial charge in [0.2, 0.25) is 15.9 Å². The molecule has 0 bridgehead atoms. The van der Waals surface area contributed by atoms with Crippen molar-refractivity contribution in [2.24, 2.45) is 7.05 Å². The van der Waals surface area contributed by atoms with Gasteiger partial charge in [0.25, 0.3) is 0 Å². The highest BCUT2D eigenvalue weighted by atomic mass is 32.2. The number of rotatable bonds is 3. The van der Waals surface area contributed by atoms with Crippen LogP contribution in [-0.2, 0) is 21.9 Å². The molecule has 7 nitrogen and oxygen atoms in total. The molecule has 1 aromatic heterocycles. The molecule has 0 aliphatic carbocycles. The minimum absolute atomic E-state index is 0.0835. The average molecular weight is 340 g/mol. The predicted molar refractivity (Wildman–Crippen MR) is 86.3 cm³/mol. The molecule has 8 heteroatoms. The minimum Gasteiger partial charge on any atom is -0.339 e. The molecule has 128 valence electrons. The number of aromatic nitrogens is 2. The number of likely N-dealkylation sites (tertiary alicyclic amines) is 1. The van der Waals surface area contributed by atoms with Crippen LogP contribution in [0.2, 0.25) is 0 Å². The van der Waals surface area contributed by atoms with Crippen LogP contribution < -0.4 is 0 Å². The number of likely N-dealkylation sites (N-methyl/N-ethyl adjacent to an activating group) is 1. The Morgan fingerprint density at radius 1 is 1.30 bits per heavy atom. The molecule has 0 N–H and O–H groups in total. The summed E-state index contributed by atoms with van der Waals surface area (Å²) in [7, 11) is 0.555. The smallest absolute Gasteiger partial charge is 0.223 e. The van der Waals surface area contributed by atoms with E-state index in [2.05, 4.69) is 5.10 Å². The molecular weight excluding hydrogens is 316 g/mol. The Morgan fingerprint density at radius 3 is 2.48 bits per heavy atom. The Hall–Kier alpha value is -1.41. The summed E-state index contributed by atoms with van der Waals surface area (Å²) in [6, 6.07) is 0. The van der Waals surface area contributed by atoms with Gasteiger partial charge in [0, 0.05) is 45.7 Å². The Labute approximate surface area is 137 Å². The average Bonchev–Trinajstić information content (AvgIpc) is 3.06. The first kappa shape index (κ1) is 16.4. The van der Waals surface area contributed by atoms with E-state index in [1.807, 2.05) is 31.4 Å². The molecule has 0 saturated carbocycles. The monoisotopic (exact) mass is 340 g/mol. The number of hydrogen-bond donors (Lipinski definition) is 0. The zero-order valence-electron chi connectivity index (χ0n) is 13.9. The maximum atomic E-state index is 12.3. The first-order valence-electron chi connectivity index (χ1n) is 8.03. The largest absolute Gasteiger partial charge is 0.339 e. The van der Waals surface area contributed by atoms with Crippen molar-refractivity contribution < 1.29 is 13.2 Å². The molecular formula is C15H24N4O3S. The summed E-state index contributed by atoms with van der Waals surface area (Å²) in [6.45, 7) is 2.62. The molecule has 1 atom stereocenters. The summed E-state index contributed by atoms with van der Waals surface area (Å²) in [5.74, 6) is 0.340. The number of carbonyl (C=O) groups excluding carboxylic acids is 1. The van der Waals surface area contributed by atoms with Crippen molar-refractivity contribution in [2.45, 2.75) is 37.6 Å². The molecule has 23 heavy (non-hydrogen) atoms. The minimum atomic E-state index is -3.16. The van der Waals surface area contributed by atoms with Crippen molar-refractivity contribution in [3.05, 3.63) is 18.0 Å². The van der Waals surface area contributed by atoms with Gasteiger partial charge in [-0.3, -0.25) is 9.48 Å². The second-order valence-electron chi connectivity index (χ2n) is 6.56. The van der Waals surface area contributed by atoms with Gasteiger partial charge in [-0.1, -0.05) is 0 Å². The summed E-state index contributed by atoms with van der Waals surface area (Å²) >= 11 is 0. The van der Waals surface area contributed by atoms with Crippen LogP contribution in [0.4, 0.5) is 0 Å². The van der Waals surface area contributed by atoms with Gasteiger partial charge >= 0.3 is 0 Å². The molecule has 1 amide bonds. The lowest BCUT2D eigenvalue weighted by atomic mass is 9.75. The highest BCUT2D eigenvalue weighted by molar-refractivity contribution is 7.89. The van der Waals surface area contributed by atoms with Crippen LogP contribution in [0, 0.1) is 0 Å². The summed E-state index contributed by atoms with van der Waals surface area (Å²) in [5.41, 5.74) is 0.775. The Bertz CT molecular complexity index is 704. The van der Waals surface area contributed by atoms with Crippen LogP contribution in [-0.4, -0.2) is 64.7 Å². The third kappa shape index (κ3) is 2.57. The summed E-state index contributed by atoms with van der Waals surface area (Å²) in [4.78, 5) is 14.2. The van der Waals surface area contributed by atoms with Crippen LogP contribution in [0.25, 0.3) is 0 Å². The molecule has 3 heterocycles. The van der Waals surface area contributed by atoms with E-state index in [0.29, 0.717) is 32.4 Å². The third-order valence-corrected chi connectivity index (χ3v) is 7.42. The topological polar surface area (TPSA) is 75.5 Å². The molecule has 3 rings (SSSR count). The van der Waals surface area contributed by atoms with Gasteiger partial charge in [-0.15, -0.1) is 0 Å². The van der Waals surface area contributed by atoms with E-state index in [4.69, 9.17) is 0 Å².